The van der Waals surface area contributed by atoms with Gasteiger partial charge in [-0.3, -0.25) is 4.79 Å². The van der Waals surface area contributed by atoms with Gasteiger partial charge in [0, 0.05) is 21.3 Å². The van der Waals surface area contributed by atoms with Crippen molar-refractivity contribution >= 4 is 38.3 Å². The highest BCUT2D eigenvalue weighted by atomic mass is 79.9. The van der Waals surface area contributed by atoms with Gasteiger partial charge in [0.2, 0.25) is 5.91 Å². The average Bonchev–Trinajstić information content (AvgIpc) is 3.06. The van der Waals surface area contributed by atoms with Crippen LogP contribution in [-0.4, -0.2) is 17.5 Å². The minimum atomic E-state index is -0.0418. The first-order chi connectivity index (χ1) is 13.9. The van der Waals surface area contributed by atoms with Crippen LogP contribution in [0.3, 0.4) is 0 Å². The van der Waals surface area contributed by atoms with E-state index in [9.17, 15) is 4.79 Å². The SMILES string of the molecule is Cc1sc(NC(=O)CCCOc2ccc(C(C)C)cc2)nc1-c1ccc(Br)cc1. The minimum Gasteiger partial charge on any atom is -0.494 e. The van der Waals surface area contributed by atoms with E-state index < -0.39 is 0 Å². The first-order valence-electron chi connectivity index (χ1n) is 9.68. The highest BCUT2D eigenvalue weighted by Crippen LogP contribution is 2.31. The number of benzene rings is 2. The summed E-state index contributed by atoms with van der Waals surface area (Å²) in [7, 11) is 0. The van der Waals surface area contributed by atoms with E-state index in [1.165, 1.54) is 16.9 Å². The Balaban J connectivity index is 1.46. The van der Waals surface area contributed by atoms with E-state index in [0.717, 1.165) is 26.4 Å². The minimum absolute atomic E-state index is 0.0418. The summed E-state index contributed by atoms with van der Waals surface area (Å²) >= 11 is 4.94. The summed E-state index contributed by atoms with van der Waals surface area (Å²) < 4.78 is 6.76. The van der Waals surface area contributed by atoms with Crippen molar-refractivity contribution in [1.82, 2.24) is 4.98 Å². The van der Waals surface area contributed by atoms with Gasteiger partial charge in [-0.15, -0.1) is 11.3 Å². The van der Waals surface area contributed by atoms with E-state index in [2.05, 4.69) is 52.2 Å². The fourth-order valence-electron chi connectivity index (χ4n) is 2.88. The van der Waals surface area contributed by atoms with Crippen LogP contribution in [0.15, 0.2) is 53.0 Å². The second-order valence-corrected chi connectivity index (χ2v) is 9.27. The molecule has 3 aromatic rings. The first-order valence-corrected chi connectivity index (χ1v) is 11.3. The van der Waals surface area contributed by atoms with Crippen LogP contribution in [0.2, 0.25) is 0 Å². The number of aromatic nitrogens is 1. The summed E-state index contributed by atoms with van der Waals surface area (Å²) in [6.07, 6.45) is 1.05. The molecular formula is C23H25BrN2O2S. The zero-order chi connectivity index (χ0) is 20.8. The molecule has 0 spiro atoms. The predicted molar refractivity (Wildman–Crippen MR) is 124 cm³/mol. The molecule has 1 aromatic heterocycles. The van der Waals surface area contributed by atoms with Gasteiger partial charge in [0.05, 0.1) is 12.3 Å². The first kappa shape index (κ1) is 21.5. The van der Waals surface area contributed by atoms with Gasteiger partial charge in [0.25, 0.3) is 0 Å². The summed E-state index contributed by atoms with van der Waals surface area (Å²) in [4.78, 5) is 17.9. The number of rotatable bonds is 8. The number of ether oxygens (including phenoxy) is 1. The smallest absolute Gasteiger partial charge is 0.226 e. The zero-order valence-electron chi connectivity index (χ0n) is 16.9. The summed E-state index contributed by atoms with van der Waals surface area (Å²) in [6.45, 7) is 6.86. The van der Waals surface area contributed by atoms with Crippen LogP contribution in [0.4, 0.5) is 5.13 Å². The van der Waals surface area contributed by atoms with Crippen LogP contribution in [0.5, 0.6) is 5.75 Å². The number of thiazole rings is 1. The second-order valence-electron chi connectivity index (χ2n) is 7.15. The third-order valence-corrected chi connectivity index (χ3v) is 5.94. The number of anilines is 1. The lowest BCUT2D eigenvalue weighted by Gasteiger charge is -2.08. The lowest BCUT2D eigenvalue weighted by molar-refractivity contribution is -0.116. The summed E-state index contributed by atoms with van der Waals surface area (Å²) in [5, 5.41) is 3.54. The molecule has 152 valence electrons. The number of nitrogens with one attached hydrogen (secondary N) is 1. The van der Waals surface area contributed by atoms with Crippen molar-refractivity contribution in [2.24, 2.45) is 0 Å². The molecule has 0 aliphatic rings. The Kier molecular flexibility index (Phi) is 7.45. The Hall–Kier alpha value is -2.18. The highest BCUT2D eigenvalue weighted by molar-refractivity contribution is 9.10. The zero-order valence-corrected chi connectivity index (χ0v) is 19.3. The topological polar surface area (TPSA) is 51.2 Å². The van der Waals surface area contributed by atoms with Crippen LogP contribution >= 0.6 is 27.3 Å². The summed E-state index contributed by atoms with van der Waals surface area (Å²) in [5.74, 6) is 1.30. The normalized spacial score (nSPS) is 10.9. The van der Waals surface area contributed by atoms with Gasteiger partial charge >= 0.3 is 0 Å². The van der Waals surface area contributed by atoms with Crippen LogP contribution in [0.1, 0.15) is 43.0 Å². The average molecular weight is 473 g/mol. The van der Waals surface area contributed by atoms with Gasteiger partial charge in [0.1, 0.15) is 5.75 Å². The lowest BCUT2D eigenvalue weighted by atomic mass is 10.0. The maximum absolute atomic E-state index is 12.2. The van der Waals surface area contributed by atoms with E-state index >= 15 is 0 Å². The monoisotopic (exact) mass is 472 g/mol. The number of hydrogen-bond donors (Lipinski definition) is 1. The molecule has 2 aromatic carbocycles. The van der Waals surface area contributed by atoms with E-state index in [1.54, 1.807) is 0 Å². The third kappa shape index (κ3) is 6.15. The number of halogens is 1. The van der Waals surface area contributed by atoms with Gasteiger partial charge in [-0.25, -0.2) is 4.98 Å². The molecular weight excluding hydrogens is 448 g/mol. The quantitative estimate of drug-likeness (QED) is 0.366. The molecule has 0 bridgehead atoms. The van der Waals surface area contributed by atoms with E-state index in [1.807, 2.05) is 43.3 Å². The van der Waals surface area contributed by atoms with Crippen LogP contribution < -0.4 is 10.1 Å². The van der Waals surface area contributed by atoms with Crippen molar-refractivity contribution in [2.45, 2.75) is 39.5 Å². The molecule has 0 aliphatic heterocycles. The molecule has 29 heavy (non-hydrogen) atoms. The predicted octanol–water partition coefficient (Wildman–Crippen LogP) is 6.80. The van der Waals surface area contributed by atoms with Crippen molar-refractivity contribution in [2.75, 3.05) is 11.9 Å². The molecule has 0 aliphatic carbocycles. The molecule has 1 N–H and O–H groups in total. The molecule has 3 rings (SSSR count). The van der Waals surface area contributed by atoms with E-state index in [4.69, 9.17) is 4.74 Å². The number of hydrogen-bond acceptors (Lipinski definition) is 4. The Morgan fingerprint density at radius 1 is 1.14 bits per heavy atom. The van der Waals surface area contributed by atoms with Crippen LogP contribution in [0, 0.1) is 6.92 Å². The van der Waals surface area contributed by atoms with Gasteiger partial charge in [-0.2, -0.15) is 0 Å². The Labute approximate surface area is 184 Å². The molecule has 1 heterocycles. The molecule has 0 radical (unpaired) electrons. The number of aryl methyl sites for hydroxylation is 1. The summed E-state index contributed by atoms with van der Waals surface area (Å²) in [6, 6.07) is 16.1. The fourth-order valence-corrected chi connectivity index (χ4v) is 4.00. The van der Waals surface area contributed by atoms with Crippen molar-refractivity contribution in [3.8, 4) is 17.0 Å². The molecule has 0 saturated carbocycles. The second kappa shape index (κ2) is 10.0. The molecule has 6 heteroatoms. The molecule has 0 atom stereocenters. The molecule has 0 unspecified atom stereocenters. The van der Waals surface area contributed by atoms with Crippen molar-refractivity contribution in [3.63, 3.8) is 0 Å². The number of carbonyl (C=O) groups excluding carboxylic acids is 1. The van der Waals surface area contributed by atoms with Gasteiger partial charge < -0.3 is 10.1 Å². The molecule has 4 nitrogen and oxygen atoms in total. The number of nitrogens with zero attached hydrogens (tertiary/aromatic N) is 1. The number of amides is 1. The van der Waals surface area contributed by atoms with Gasteiger partial charge in [-0.05, 0) is 49.1 Å². The highest BCUT2D eigenvalue weighted by Gasteiger charge is 2.12. The maximum atomic E-state index is 12.2. The standard InChI is InChI=1S/C23H25BrN2O2S/c1-15(2)17-8-12-20(13-9-17)28-14-4-5-21(27)25-23-26-22(16(3)29-23)18-6-10-19(24)11-7-18/h6-13,15H,4-5,14H2,1-3H3,(H,25,26,27). The van der Waals surface area contributed by atoms with Crippen LogP contribution in [0.25, 0.3) is 11.3 Å². The van der Waals surface area contributed by atoms with Gasteiger partial charge in [0.15, 0.2) is 5.13 Å². The van der Waals surface area contributed by atoms with E-state index in [0.29, 0.717) is 30.5 Å². The maximum Gasteiger partial charge on any atom is 0.226 e. The van der Waals surface area contributed by atoms with Crippen molar-refractivity contribution < 1.29 is 9.53 Å². The third-order valence-electron chi connectivity index (χ3n) is 4.52. The van der Waals surface area contributed by atoms with E-state index in [-0.39, 0.29) is 5.91 Å². The summed E-state index contributed by atoms with van der Waals surface area (Å²) in [5.41, 5.74) is 3.24. The molecule has 1 amide bonds. The van der Waals surface area contributed by atoms with Gasteiger partial charge in [-0.1, -0.05) is 54.0 Å². The molecule has 0 saturated heterocycles. The van der Waals surface area contributed by atoms with Crippen LogP contribution in [-0.2, 0) is 4.79 Å². The Morgan fingerprint density at radius 2 is 1.83 bits per heavy atom. The Morgan fingerprint density at radius 3 is 2.48 bits per heavy atom. The largest absolute Gasteiger partial charge is 0.494 e. The van der Waals surface area contributed by atoms with Crippen molar-refractivity contribution in [3.05, 3.63) is 63.4 Å². The number of carbonyl (C=O) groups is 1. The lowest BCUT2D eigenvalue weighted by Crippen LogP contribution is -2.12. The van der Waals surface area contributed by atoms with Crippen molar-refractivity contribution in [1.29, 1.82) is 0 Å². The fraction of sp³-hybridized carbons (Fsp3) is 0.304. The Bertz CT molecular complexity index is 950. The molecule has 0 fully saturated rings.